The van der Waals surface area contributed by atoms with Crippen molar-refractivity contribution in [3.8, 4) is 0 Å². The second kappa shape index (κ2) is 4.75. The molecule has 2 aromatic rings. The third-order valence-corrected chi connectivity index (χ3v) is 3.10. The second-order valence-corrected chi connectivity index (χ2v) is 4.33. The van der Waals surface area contributed by atoms with Gasteiger partial charge < -0.3 is 0 Å². The highest BCUT2D eigenvalue weighted by molar-refractivity contribution is 9.09. The Kier molecular flexibility index (Phi) is 3.37. The molecule has 0 spiro atoms. The van der Waals surface area contributed by atoms with Crippen molar-refractivity contribution in [3.63, 3.8) is 0 Å². The summed E-state index contributed by atoms with van der Waals surface area (Å²) in [5.74, 6) is -0.0883. The molecule has 0 saturated heterocycles. The Hall–Kier alpha value is -0.890. The third-order valence-electron chi connectivity index (χ3n) is 2.54. The monoisotopic (exact) mass is 266 g/mol. The molecule has 2 aromatic carbocycles. The van der Waals surface area contributed by atoms with Gasteiger partial charge in [-0.15, -0.1) is 0 Å². The summed E-state index contributed by atoms with van der Waals surface area (Å²) in [5.41, 5.74) is 0.840. The molecule has 0 fully saturated rings. The van der Waals surface area contributed by atoms with Crippen LogP contribution in [0.15, 0.2) is 36.4 Å². The molecule has 78 valence electrons. The Morgan fingerprint density at radius 1 is 1.07 bits per heavy atom. The number of alkyl halides is 1. The Morgan fingerprint density at radius 2 is 1.87 bits per heavy atom. The molecule has 0 aliphatic heterocycles. The molecule has 0 atom stereocenters. The molecular weight excluding hydrogens is 255 g/mol. The maximum Gasteiger partial charge on any atom is 0.127 e. The van der Waals surface area contributed by atoms with Crippen LogP contribution in [0.2, 0.25) is 0 Å². The summed E-state index contributed by atoms with van der Waals surface area (Å²) in [7, 11) is 0. The predicted octanol–water partition coefficient (Wildman–Crippen LogP) is 4.31. The number of fused-ring (bicyclic) bond motifs is 1. The molecule has 0 heterocycles. The van der Waals surface area contributed by atoms with Crippen LogP contribution in [0, 0.1) is 5.82 Å². The van der Waals surface area contributed by atoms with E-state index in [0.29, 0.717) is 0 Å². The van der Waals surface area contributed by atoms with E-state index in [2.05, 4.69) is 15.9 Å². The minimum atomic E-state index is -0.0883. The fraction of sp³-hybridized carbons (Fsp3) is 0.231. The largest absolute Gasteiger partial charge is 0.207 e. The molecule has 0 unspecified atom stereocenters. The van der Waals surface area contributed by atoms with Crippen molar-refractivity contribution in [2.75, 3.05) is 5.33 Å². The van der Waals surface area contributed by atoms with Crippen LogP contribution in [0.5, 0.6) is 0 Å². The summed E-state index contributed by atoms with van der Waals surface area (Å²) in [6.45, 7) is 0. The van der Waals surface area contributed by atoms with Gasteiger partial charge >= 0.3 is 0 Å². The van der Waals surface area contributed by atoms with E-state index >= 15 is 0 Å². The maximum atomic E-state index is 13.6. The number of halogens is 2. The highest BCUT2D eigenvalue weighted by Crippen LogP contribution is 2.22. The quantitative estimate of drug-likeness (QED) is 0.727. The van der Waals surface area contributed by atoms with Crippen LogP contribution in [-0.2, 0) is 6.42 Å². The first-order chi connectivity index (χ1) is 7.33. The Morgan fingerprint density at radius 3 is 2.67 bits per heavy atom. The van der Waals surface area contributed by atoms with Crippen LogP contribution < -0.4 is 0 Å². The molecule has 15 heavy (non-hydrogen) atoms. The first-order valence-corrected chi connectivity index (χ1v) is 6.17. The average molecular weight is 267 g/mol. The van der Waals surface area contributed by atoms with E-state index in [1.807, 2.05) is 30.3 Å². The van der Waals surface area contributed by atoms with Gasteiger partial charge in [0, 0.05) is 5.33 Å². The van der Waals surface area contributed by atoms with Crippen LogP contribution in [0.25, 0.3) is 10.8 Å². The highest BCUT2D eigenvalue weighted by atomic mass is 79.9. The third kappa shape index (κ3) is 2.20. The van der Waals surface area contributed by atoms with E-state index in [1.165, 1.54) is 0 Å². The zero-order chi connectivity index (χ0) is 10.7. The van der Waals surface area contributed by atoms with E-state index in [-0.39, 0.29) is 5.82 Å². The summed E-state index contributed by atoms with van der Waals surface area (Å²) in [6, 6.07) is 11.3. The lowest BCUT2D eigenvalue weighted by Crippen LogP contribution is -1.93. The number of rotatable bonds is 3. The zero-order valence-corrected chi connectivity index (χ0v) is 9.93. The first kappa shape index (κ1) is 10.6. The number of hydrogen-bond donors (Lipinski definition) is 0. The summed E-state index contributed by atoms with van der Waals surface area (Å²) >= 11 is 3.37. The lowest BCUT2D eigenvalue weighted by molar-refractivity contribution is 0.611. The van der Waals surface area contributed by atoms with E-state index in [0.717, 1.165) is 34.5 Å². The van der Waals surface area contributed by atoms with Gasteiger partial charge in [-0.05, 0) is 35.2 Å². The predicted molar refractivity (Wildman–Crippen MR) is 66.0 cm³/mol. The van der Waals surface area contributed by atoms with E-state index in [9.17, 15) is 4.39 Å². The van der Waals surface area contributed by atoms with Crippen molar-refractivity contribution in [1.82, 2.24) is 0 Å². The van der Waals surface area contributed by atoms with Gasteiger partial charge in [0.1, 0.15) is 5.82 Å². The van der Waals surface area contributed by atoms with Crippen LogP contribution in [0.4, 0.5) is 4.39 Å². The standard InChI is InChI=1S/C13H12BrF/c14-9-3-6-12-11-5-2-1-4-10(11)7-8-13(12)15/h1-2,4-5,7-8H,3,6,9H2. The minimum absolute atomic E-state index is 0.0883. The minimum Gasteiger partial charge on any atom is -0.207 e. The van der Waals surface area contributed by atoms with Gasteiger partial charge in [-0.1, -0.05) is 46.3 Å². The smallest absolute Gasteiger partial charge is 0.127 e. The topological polar surface area (TPSA) is 0 Å². The van der Waals surface area contributed by atoms with E-state index in [1.54, 1.807) is 6.07 Å². The van der Waals surface area contributed by atoms with Crippen molar-refractivity contribution in [1.29, 1.82) is 0 Å². The number of benzene rings is 2. The van der Waals surface area contributed by atoms with Crippen molar-refractivity contribution < 1.29 is 4.39 Å². The van der Waals surface area contributed by atoms with Gasteiger partial charge in [0.25, 0.3) is 0 Å². The molecule has 0 nitrogen and oxygen atoms in total. The fourth-order valence-electron chi connectivity index (χ4n) is 1.81. The van der Waals surface area contributed by atoms with Crippen molar-refractivity contribution in [2.45, 2.75) is 12.8 Å². The van der Waals surface area contributed by atoms with Crippen LogP contribution in [-0.4, -0.2) is 5.33 Å². The summed E-state index contributed by atoms with van der Waals surface area (Å²) in [4.78, 5) is 0. The van der Waals surface area contributed by atoms with Crippen LogP contribution >= 0.6 is 15.9 Å². The van der Waals surface area contributed by atoms with Gasteiger partial charge in [0.2, 0.25) is 0 Å². The SMILES string of the molecule is Fc1ccc2ccccc2c1CCCBr. The Labute approximate surface area is 97.2 Å². The summed E-state index contributed by atoms with van der Waals surface area (Å²) < 4.78 is 13.6. The van der Waals surface area contributed by atoms with Crippen molar-refractivity contribution in [3.05, 3.63) is 47.8 Å². The lowest BCUT2D eigenvalue weighted by Gasteiger charge is -2.06. The maximum absolute atomic E-state index is 13.6. The van der Waals surface area contributed by atoms with Gasteiger partial charge in [0.05, 0.1) is 0 Å². The highest BCUT2D eigenvalue weighted by Gasteiger charge is 2.06. The average Bonchev–Trinajstić information content (AvgIpc) is 2.28. The molecule has 0 aromatic heterocycles. The molecule has 0 aliphatic rings. The van der Waals surface area contributed by atoms with E-state index < -0.39 is 0 Å². The summed E-state index contributed by atoms with van der Waals surface area (Å²) in [5, 5.41) is 3.07. The Bertz CT molecular complexity index is 465. The van der Waals surface area contributed by atoms with Gasteiger partial charge in [-0.2, -0.15) is 0 Å². The zero-order valence-electron chi connectivity index (χ0n) is 8.34. The van der Waals surface area contributed by atoms with Crippen molar-refractivity contribution in [2.24, 2.45) is 0 Å². The molecule has 0 radical (unpaired) electrons. The molecule has 2 heteroatoms. The van der Waals surface area contributed by atoms with Gasteiger partial charge in [-0.3, -0.25) is 0 Å². The molecule has 0 aliphatic carbocycles. The normalized spacial score (nSPS) is 10.8. The van der Waals surface area contributed by atoms with Crippen LogP contribution in [0.3, 0.4) is 0 Å². The second-order valence-electron chi connectivity index (χ2n) is 3.54. The molecular formula is C13H12BrF. The molecule has 0 saturated carbocycles. The number of aryl methyl sites for hydroxylation is 1. The van der Waals surface area contributed by atoms with Crippen LogP contribution in [0.1, 0.15) is 12.0 Å². The molecule has 0 N–H and O–H groups in total. The molecule has 0 bridgehead atoms. The summed E-state index contributed by atoms with van der Waals surface area (Å²) in [6.07, 6.45) is 1.75. The first-order valence-electron chi connectivity index (χ1n) is 5.05. The van der Waals surface area contributed by atoms with E-state index in [4.69, 9.17) is 0 Å². The number of hydrogen-bond acceptors (Lipinski definition) is 0. The van der Waals surface area contributed by atoms with Gasteiger partial charge in [0.15, 0.2) is 0 Å². The molecule has 0 amide bonds. The van der Waals surface area contributed by atoms with Crippen molar-refractivity contribution >= 4 is 26.7 Å². The molecule has 2 rings (SSSR count). The fourth-order valence-corrected chi connectivity index (χ4v) is 2.09. The van der Waals surface area contributed by atoms with Gasteiger partial charge in [-0.25, -0.2) is 4.39 Å². The Balaban J connectivity index is 2.53. The lowest BCUT2D eigenvalue weighted by atomic mass is 10.0.